The van der Waals surface area contributed by atoms with Crippen molar-refractivity contribution in [3.63, 3.8) is 0 Å². The van der Waals surface area contributed by atoms with E-state index in [0.29, 0.717) is 15.6 Å². The topological polar surface area (TPSA) is 53.0 Å². The van der Waals surface area contributed by atoms with Crippen LogP contribution < -0.4 is 5.11 Å². The number of hydrogen-bond acceptors (Lipinski definition) is 4. The summed E-state index contributed by atoms with van der Waals surface area (Å²) >= 11 is 7.44. The van der Waals surface area contributed by atoms with Gasteiger partial charge in [0.05, 0.1) is 10.2 Å². The van der Waals surface area contributed by atoms with Crippen molar-refractivity contribution in [3.8, 4) is 0 Å². The van der Waals surface area contributed by atoms with Crippen LogP contribution >= 0.6 is 22.9 Å². The van der Waals surface area contributed by atoms with Crippen LogP contribution in [0.15, 0.2) is 48.5 Å². The molecule has 0 aliphatic carbocycles. The number of carboxylic acid groups (broad SMARTS) is 1. The van der Waals surface area contributed by atoms with Crippen LogP contribution in [0.1, 0.15) is 17.0 Å². The summed E-state index contributed by atoms with van der Waals surface area (Å²) in [7, 11) is 0. The standard InChI is InChI=1S/C17H12ClNO2S/c18-13-5-3-4-11(9-13)8-12(10-16(20)21)17-19-14-6-1-2-7-15(14)22-17/h1-9H,10H2,(H,20,21)/p-1/b12-8+. The van der Waals surface area contributed by atoms with Crippen LogP contribution in [0.3, 0.4) is 0 Å². The molecule has 0 saturated carbocycles. The van der Waals surface area contributed by atoms with E-state index < -0.39 is 5.97 Å². The first-order valence-corrected chi connectivity index (χ1v) is 7.83. The van der Waals surface area contributed by atoms with Crippen LogP contribution in [0.5, 0.6) is 0 Å². The molecule has 0 fully saturated rings. The number of carbonyl (C=O) groups excluding carboxylic acids is 1. The lowest BCUT2D eigenvalue weighted by molar-refractivity contribution is -0.304. The van der Waals surface area contributed by atoms with E-state index in [1.54, 1.807) is 18.2 Å². The van der Waals surface area contributed by atoms with Gasteiger partial charge in [0.1, 0.15) is 5.01 Å². The number of benzene rings is 2. The Kier molecular flexibility index (Phi) is 4.22. The molecule has 0 amide bonds. The predicted molar refractivity (Wildman–Crippen MR) is 88.6 cm³/mol. The molecule has 22 heavy (non-hydrogen) atoms. The molecule has 0 spiro atoms. The molecular weight excluding hydrogens is 318 g/mol. The second kappa shape index (κ2) is 6.30. The van der Waals surface area contributed by atoms with E-state index >= 15 is 0 Å². The van der Waals surface area contributed by atoms with Crippen LogP contribution in [-0.4, -0.2) is 11.0 Å². The van der Waals surface area contributed by atoms with Crippen molar-refractivity contribution in [2.75, 3.05) is 0 Å². The Morgan fingerprint density at radius 1 is 1.23 bits per heavy atom. The van der Waals surface area contributed by atoms with Gasteiger partial charge in [-0.25, -0.2) is 4.98 Å². The van der Waals surface area contributed by atoms with E-state index in [0.717, 1.165) is 15.8 Å². The zero-order valence-electron chi connectivity index (χ0n) is 11.5. The Morgan fingerprint density at radius 2 is 2.05 bits per heavy atom. The molecule has 0 atom stereocenters. The number of halogens is 1. The number of aliphatic carboxylic acids is 1. The van der Waals surface area contributed by atoms with Gasteiger partial charge in [0, 0.05) is 17.4 Å². The zero-order valence-corrected chi connectivity index (χ0v) is 13.0. The fraction of sp³-hybridized carbons (Fsp3) is 0.0588. The Morgan fingerprint density at radius 3 is 2.77 bits per heavy atom. The van der Waals surface area contributed by atoms with Gasteiger partial charge >= 0.3 is 0 Å². The van der Waals surface area contributed by atoms with Gasteiger partial charge < -0.3 is 9.90 Å². The third kappa shape index (κ3) is 3.35. The van der Waals surface area contributed by atoms with Crippen LogP contribution in [0.2, 0.25) is 5.02 Å². The quantitative estimate of drug-likeness (QED) is 0.735. The SMILES string of the molecule is O=C([O-])C/C(=C\c1cccc(Cl)c1)c1nc2ccccc2s1. The van der Waals surface area contributed by atoms with Crippen molar-refractivity contribution < 1.29 is 9.90 Å². The summed E-state index contributed by atoms with van der Waals surface area (Å²) in [5.41, 5.74) is 2.31. The number of aromatic nitrogens is 1. The molecule has 1 aromatic heterocycles. The monoisotopic (exact) mass is 328 g/mol. The van der Waals surface area contributed by atoms with Crippen molar-refractivity contribution in [2.24, 2.45) is 0 Å². The first-order chi connectivity index (χ1) is 10.6. The highest BCUT2D eigenvalue weighted by atomic mass is 35.5. The van der Waals surface area contributed by atoms with Gasteiger partial charge in [0.15, 0.2) is 0 Å². The number of thiazole rings is 1. The normalized spacial score (nSPS) is 11.8. The number of carbonyl (C=O) groups is 1. The maximum Gasteiger partial charge on any atom is 0.120 e. The summed E-state index contributed by atoms with van der Waals surface area (Å²) in [4.78, 5) is 15.6. The number of para-hydroxylation sites is 1. The molecule has 0 bridgehead atoms. The highest BCUT2D eigenvalue weighted by molar-refractivity contribution is 7.19. The lowest BCUT2D eigenvalue weighted by atomic mass is 10.1. The fourth-order valence-corrected chi connectivity index (χ4v) is 3.33. The first kappa shape index (κ1) is 14.8. The summed E-state index contributed by atoms with van der Waals surface area (Å²) in [5, 5.41) is 12.3. The molecule has 3 nitrogen and oxygen atoms in total. The van der Waals surface area contributed by atoms with Gasteiger partial charge in [-0.05, 0) is 41.5 Å². The highest BCUT2D eigenvalue weighted by Crippen LogP contribution is 2.30. The number of hydrogen-bond donors (Lipinski definition) is 0. The molecule has 0 aliphatic heterocycles. The third-order valence-corrected chi connectivity index (χ3v) is 4.44. The Hall–Kier alpha value is -2.17. The first-order valence-electron chi connectivity index (χ1n) is 6.64. The molecule has 3 rings (SSSR count). The molecule has 0 saturated heterocycles. The Bertz CT molecular complexity index is 837. The minimum atomic E-state index is -1.13. The van der Waals surface area contributed by atoms with Crippen LogP contribution in [0, 0.1) is 0 Å². The van der Waals surface area contributed by atoms with Gasteiger partial charge in [-0.2, -0.15) is 0 Å². The lowest BCUT2D eigenvalue weighted by Gasteiger charge is -2.06. The van der Waals surface area contributed by atoms with Crippen molar-refractivity contribution in [1.29, 1.82) is 0 Å². The van der Waals surface area contributed by atoms with E-state index in [1.807, 2.05) is 36.4 Å². The molecule has 3 aromatic rings. The third-order valence-electron chi connectivity index (χ3n) is 3.09. The highest BCUT2D eigenvalue weighted by Gasteiger charge is 2.09. The van der Waals surface area contributed by atoms with Gasteiger partial charge in [0.25, 0.3) is 0 Å². The summed E-state index contributed by atoms with van der Waals surface area (Å²) in [6.07, 6.45) is 1.60. The molecule has 0 radical (unpaired) electrons. The second-order valence-electron chi connectivity index (χ2n) is 4.76. The number of carboxylic acids is 1. The van der Waals surface area contributed by atoms with Crippen molar-refractivity contribution >= 4 is 50.8 Å². The Balaban J connectivity index is 2.07. The number of rotatable bonds is 4. The summed E-state index contributed by atoms with van der Waals surface area (Å²) in [6.45, 7) is 0. The van der Waals surface area contributed by atoms with Crippen LogP contribution in [0.4, 0.5) is 0 Å². The summed E-state index contributed by atoms with van der Waals surface area (Å²) < 4.78 is 1.02. The van der Waals surface area contributed by atoms with Crippen molar-refractivity contribution in [1.82, 2.24) is 4.98 Å². The van der Waals surface area contributed by atoms with Crippen molar-refractivity contribution in [2.45, 2.75) is 6.42 Å². The second-order valence-corrected chi connectivity index (χ2v) is 6.23. The van der Waals surface area contributed by atoms with E-state index in [1.165, 1.54) is 11.3 Å². The van der Waals surface area contributed by atoms with Crippen molar-refractivity contribution in [3.05, 3.63) is 64.1 Å². The summed E-state index contributed by atoms with van der Waals surface area (Å²) in [6, 6.07) is 15.0. The maximum absolute atomic E-state index is 11.1. The molecule has 110 valence electrons. The molecule has 5 heteroatoms. The zero-order chi connectivity index (χ0) is 15.5. The van der Waals surface area contributed by atoms with E-state index in [9.17, 15) is 9.90 Å². The molecular formula is C17H11ClNO2S-. The molecule has 0 N–H and O–H groups in total. The molecule has 1 heterocycles. The van der Waals surface area contributed by atoms with Gasteiger partial charge in [-0.3, -0.25) is 0 Å². The average Bonchev–Trinajstić information content (AvgIpc) is 2.90. The predicted octanol–water partition coefficient (Wildman–Crippen LogP) is 3.63. The molecule has 2 aromatic carbocycles. The molecule has 0 aliphatic rings. The lowest BCUT2D eigenvalue weighted by Crippen LogP contribution is -2.22. The van der Waals surface area contributed by atoms with E-state index in [4.69, 9.17) is 11.6 Å². The average molecular weight is 329 g/mol. The minimum Gasteiger partial charge on any atom is -0.550 e. The van der Waals surface area contributed by atoms with Crippen LogP contribution in [-0.2, 0) is 4.79 Å². The number of nitrogens with zero attached hydrogens (tertiary/aromatic N) is 1. The number of fused-ring (bicyclic) bond motifs is 1. The van der Waals surface area contributed by atoms with Gasteiger partial charge in [0.2, 0.25) is 0 Å². The molecule has 0 unspecified atom stereocenters. The van der Waals surface area contributed by atoms with Gasteiger partial charge in [-0.1, -0.05) is 35.9 Å². The van der Waals surface area contributed by atoms with E-state index in [2.05, 4.69) is 4.98 Å². The maximum atomic E-state index is 11.1. The largest absolute Gasteiger partial charge is 0.550 e. The minimum absolute atomic E-state index is 0.188. The summed E-state index contributed by atoms with van der Waals surface area (Å²) in [5.74, 6) is -1.13. The van der Waals surface area contributed by atoms with Crippen LogP contribution in [0.25, 0.3) is 21.9 Å². The van der Waals surface area contributed by atoms with E-state index in [-0.39, 0.29) is 6.42 Å². The smallest absolute Gasteiger partial charge is 0.120 e. The van der Waals surface area contributed by atoms with Gasteiger partial charge in [-0.15, -0.1) is 11.3 Å². The Labute approximate surface area is 136 Å². The fourth-order valence-electron chi connectivity index (χ4n) is 2.15.